The number of amides is 1. The maximum atomic E-state index is 10.9. The standard InChI is InChI=1S/C9H10N4O5/c1-4(7(10)14)12-8-6(9(15)16)2-5(3-11-8)13(17)18/h2-4H,1H3,(H2,10,14)(H,11,12)(H,15,16). The number of nitrogens with one attached hydrogen (secondary N) is 1. The van der Waals surface area contributed by atoms with Crippen LogP contribution in [0.3, 0.4) is 0 Å². The molecule has 9 heteroatoms. The van der Waals surface area contributed by atoms with Crippen molar-refractivity contribution < 1.29 is 19.6 Å². The lowest BCUT2D eigenvalue weighted by molar-refractivity contribution is -0.385. The van der Waals surface area contributed by atoms with Crippen molar-refractivity contribution in [1.29, 1.82) is 0 Å². The third-order valence-corrected chi connectivity index (χ3v) is 2.09. The first-order valence-electron chi connectivity index (χ1n) is 4.76. The molecule has 4 N–H and O–H groups in total. The Hall–Kier alpha value is -2.71. The molecule has 0 aliphatic heterocycles. The average molecular weight is 254 g/mol. The number of carbonyl (C=O) groups excluding carboxylic acids is 1. The van der Waals surface area contributed by atoms with Crippen LogP contribution in [0.1, 0.15) is 17.3 Å². The number of carbonyl (C=O) groups is 2. The molecule has 1 heterocycles. The molecule has 0 fully saturated rings. The van der Waals surface area contributed by atoms with Gasteiger partial charge in [0.15, 0.2) is 0 Å². The number of nitro groups is 1. The van der Waals surface area contributed by atoms with Gasteiger partial charge >= 0.3 is 5.97 Å². The molecule has 0 bridgehead atoms. The number of aromatic nitrogens is 1. The highest BCUT2D eigenvalue weighted by molar-refractivity contribution is 5.94. The second-order valence-corrected chi connectivity index (χ2v) is 3.42. The summed E-state index contributed by atoms with van der Waals surface area (Å²) in [5.74, 6) is -2.25. The largest absolute Gasteiger partial charge is 0.478 e. The van der Waals surface area contributed by atoms with Crippen molar-refractivity contribution in [3.63, 3.8) is 0 Å². The topological polar surface area (TPSA) is 148 Å². The minimum atomic E-state index is -1.40. The lowest BCUT2D eigenvalue weighted by Gasteiger charge is -2.12. The molecule has 0 saturated heterocycles. The van der Waals surface area contributed by atoms with E-state index in [4.69, 9.17) is 10.8 Å². The first kappa shape index (κ1) is 13.4. The lowest BCUT2D eigenvalue weighted by Crippen LogP contribution is -2.33. The van der Waals surface area contributed by atoms with Crippen LogP contribution < -0.4 is 11.1 Å². The van der Waals surface area contributed by atoms with E-state index in [0.29, 0.717) is 0 Å². The number of hydrogen-bond acceptors (Lipinski definition) is 6. The number of anilines is 1. The summed E-state index contributed by atoms with van der Waals surface area (Å²) in [6, 6.07) is 0.00261. The van der Waals surface area contributed by atoms with Crippen molar-refractivity contribution >= 4 is 23.4 Å². The monoisotopic (exact) mass is 254 g/mol. The molecule has 1 atom stereocenters. The van der Waals surface area contributed by atoms with E-state index in [1.165, 1.54) is 6.92 Å². The van der Waals surface area contributed by atoms with Crippen LogP contribution in [0.2, 0.25) is 0 Å². The van der Waals surface area contributed by atoms with E-state index in [0.717, 1.165) is 12.3 Å². The molecule has 96 valence electrons. The molecule has 0 saturated carbocycles. The summed E-state index contributed by atoms with van der Waals surface area (Å²) in [4.78, 5) is 35.1. The fourth-order valence-electron chi connectivity index (χ4n) is 1.11. The SMILES string of the molecule is CC(Nc1ncc([N+](=O)[O-])cc1C(=O)O)C(N)=O. The summed E-state index contributed by atoms with van der Waals surface area (Å²) in [7, 11) is 0. The van der Waals surface area contributed by atoms with Gasteiger partial charge < -0.3 is 16.2 Å². The van der Waals surface area contributed by atoms with E-state index in [9.17, 15) is 19.7 Å². The summed E-state index contributed by atoms with van der Waals surface area (Å²) < 4.78 is 0. The quantitative estimate of drug-likeness (QED) is 0.493. The Morgan fingerprint density at radius 2 is 2.22 bits per heavy atom. The van der Waals surface area contributed by atoms with E-state index in [1.54, 1.807) is 0 Å². The van der Waals surface area contributed by atoms with Crippen molar-refractivity contribution in [3.05, 3.63) is 27.9 Å². The van der Waals surface area contributed by atoms with Gasteiger partial charge in [-0.25, -0.2) is 9.78 Å². The van der Waals surface area contributed by atoms with Crippen LogP contribution in [-0.4, -0.2) is 32.9 Å². The predicted molar refractivity (Wildman–Crippen MR) is 60.1 cm³/mol. The Kier molecular flexibility index (Phi) is 3.77. The zero-order valence-corrected chi connectivity index (χ0v) is 9.28. The molecule has 0 aliphatic carbocycles. The van der Waals surface area contributed by atoms with Crippen molar-refractivity contribution in [2.24, 2.45) is 5.73 Å². The molecular formula is C9H10N4O5. The summed E-state index contributed by atoms with van der Waals surface area (Å²) >= 11 is 0. The van der Waals surface area contributed by atoms with E-state index < -0.39 is 34.1 Å². The maximum absolute atomic E-state index is 10.9. The maximum Gasteiger partial charge on any atom is 0.339 e. The van der Waals surface area contributed by atoms with Gasteiger partial charge in [-0.2, -0.15) is 0 Å². The van der Waals surface area contributed by atoms with Crippen molar-refractivity contribution in [2.75, 3.05) is 5.32 Å². The van der Waals surface area contributed by atoms with Crippen LogP contribution >= 0.6 is 0 Å². The number of carboxylic acids is 1. The van der Waals surface area contributed by atoms with Crippen LogP contribution in [-0.2, 0) is 4.79 Å². The third kappa shape index (κ3) is 2.90. The summed E-state index contributed by atoms with van der Waals surface area (Å²) in [5, 5.41) is 21.9. The van der Waals surface area contributed by atoms with Gasteiger partial charge in [-0.1, -0.05) is 0 Å². The van der Waals surface area contributed by atoms with E-state index in [1.807, 2.05) is 0 Å². The molecule has 0 aromatic carbocycles. The van der Waals surface area contributed by atoms with Crippen LogP contribution in [0.25, 0.3) is 0 Å². The Balaban J connectivity index is 3.16. The molecule has 1 unspecified atom stereocenters. The zero-order valence-electron chi connectivity index (χ0n) is 9.28. The summed E-state index contributed by atoms with van der Waals surface area (Å²) in [6.45, 7) is 1.41. The van der Waals surface area contributed by atoms with Crippen LogP contribution in [0.4, 0.5) is 11.5 Å². The number of aromatic carboxylic acids is 1. The fourth-order valence-corrected chi connectivity index (χ4v) is 1.11. The average Bonchev–Trinajstić information content (AvgIpc) is 2.28. The van der Waals surface area contributed by atoms with Crippen molar-refractivity contribution in [3.8, 4) is 0 Å². The number of primary amides is 1. The first-order valence-corrected chi connectivity index (χ1v) is 4.76. The number of nitrogens with zero attached hydrogens (tertiary/aromatic N) is 2. The van der Waals surface area contributed by atoms with Gasteiger partial charge in [-0.3, -0.25) is 14.9 Å². The van der Waals surface area contributed by atoms with Crippen molar-refractivity contribution in [1.82, 2.24) is 4.98 Å². The Morgan fingerprint density at radius 3 is 2.67 bits per heavy atom. The molecule has 1 rings (SSSR count). The normalized spacial score (nSPS) is 11.6. The fraction of sp³-hybridized carbons (Fsp3) is 0.222. The van der Waals surface area contributed by atoms with E-state index in [-0.39, 0.29) is 5.82 Å². The van der Waals surface area contributed by atoms with E-state index in [2.05, 4.69) is 10.3 Å². The van der Waals surface area contributed by atoms with Crippen LogP contribution in [0.15, 0.2) is 12.3 Å². The zero-order chi connectivity index (χ0) is 13.9. The first-order chi connectivity index (χ1) is 8.32. The number of pyridine rings is 1. The Labute approximate surface area is 101 Å². The van der Waals surface area contributed by atoms with Gasteiger partial charge in [0.25, 0.3) is 5.69 Å². The number of carboxylic acid groups (broad SMARTS) is 1. The van der Waals surface area contributed by atoms with Crippen molar-refractivity contribution in [2.45, 2.75) is 13.0 Å². The summed E-state index contributed by atoms with van der Waals surface area (Å²) in [5.41, 5.74) is 4.14. The smallest absolute Gasteiger partial charge is 0.339 e. The molecule has 1 aromatic heterocycles. The third-order valence-electron chi connectivity index (χ3n) is 2.09. The number of nitrogens with two attached hydrogens (primary N) is 1. The van der Waals surface area contributed by atoms with Gasteiger partial charge in [-0.15, -0.1) is 0 Å². The van der Waals surface area contributed by atoms with Gasteiger partial charge in [0.2, 0.25) is 5.91 Å². The Morgan fingerprint density at radius 1 is 1.61 bits per heavy atom. The minimum Gasteiger partial charge on any atom is -0.478 e. The minimum absolute atomic E-state index is 0.153. The lowest BCUT2D eigenvalue weighted by atomic mass is 10.2. The Bertz CT molecular complexity index is 516. The predicted octanol–water partition coefficient (Wildman–Crippen LogP) is -0.0263. The number of rotatable bonds is 5. The van der Waals surface area contributed by atoms with Crippen LogP contribution in [0.5, 0.6) is 0 Å². The van der Waals surface area contributed by atoms with Gasteiger partial charge in [0.05, 0.1) is 4.92 Å². The highest BCUT2D eigenvalue weighted by Gasteiger charge is 2.19. The second kappa shape index (κ2) is 5.08. The second-order valence-electron chi connectivity index (χ2n) is 3.42. The van der Waals surface area contributed by atoms with Gasteiger partial charge in [0, 0.05) is 6.07 Å². The van der Waals surface area contributed by atoms with E-state index >= 15 is 0 Å². The van der Waals surface area contributed by atoms with Crippen LogP contribution in [0, 0.1) is 10.1 Å². The van der Waals surface area contributed by atoms with Gasteiger partial charge in [-0.05, 0) is 6.92 Å². The molecule has 0 spiro atoms. The molecule has 9 nitrogen and oxygen atoms in total. The van der Waals surface area contributed by atoms with Gasteiger partial charge in [0.1, 0.15) is 23.6 Å². The highest BCUT2D eigenvalue weighted by Crippen LogP contribution is 2.19. The number of hydrogen-bond donors (Lipinski definition) is 3. The molecule has 1 aromatic rings. The molecule has 0 aliphatic rings. The molecule has 1 amide bonds. The highest BCUT2D eigenvalue weighted by atomic mass is 16.6. The summed E-state index contributed by atoms with van der Waals surface area (Å²) in [6.07, 6.45) is 0.891. The molecule has 18 heavy (non-hydrogen) atoms. The molecule has 0 radical (unpaired) electrons. The molecular weight excluding hydrogens is 244 g/mol.